The molecule has 0 spiro atoms. The topological polar surface area (TPSA) is 59.9 Å². The van der Waals surface area contributed by atoms with E-state index in [0.717, 1.165) is 0 Å². The van der Waals surface area contributed by atoms with Crippen molar-refractivity contribution in [1.29, 1.82) is 0 Å². The maximum atomic E-state index is 11.2. The van der Waals surface area contributed by atoms with E-state index in [1.165, 1.54) is 12.4 Å². The third-order valence-corrected chi connectivity index (χ3v) is 3.43. The SMILES string of the molecule is CCS(=O)(=O)c1cnc(Br)nc1. The Hall–Kier alpha value is -0.490. The molecule has 1 aromatic heterocycles. The van der Waals surface area contributed by atoms with Gasteiger partial charge in [-0.2, -0.15) is 0 Å². The zero-order valence-electron chi connectivity index (χ0n) is 6.36. The van der Waals surface area contributed by atoms with Crippen molar-refractivity contribution >= 4 is 25.8 Å². The van der Waals surface area contributed by atoms with Gasteiger partial charge in [-0.25, -0.2) is 18.4 Å². The average molecular weight is 251 g/mol. The van der Waals surface area contributed by atoms with Crippen LogP contribution in [0.15, 0.2) is 22.0 Å². The Morgan fingerprint density at radius 2 is 1.92 bits per heavy atom. The largest absolute Gasteiger partial charge is 0.229 e. The minimum Gasteiger partial charge on any atom is -0.229 e. The molecule has 0 aliphatic heterocycles. The molecule has 0 fully saturated rings. The number of sulfone groups is 1. The first kappa shape index (κ1) is 9.60. The monoisotopic (exact) mass is 250 g/mol. The zero-order chi connectivity index (χ0) is 9.19. The van der Waals surface area contributed by atoms with Crippen LogP contribution >= 0.6 is 15.9 Å². The van der Waals surface area contributed by atoms with Gasteiger partial charge in [0.15, 0.2) is 14.6 Å². The minimum atomic E-state index is -3.16. The summed E-state index contributed by atoms with van der Waals surface area (Å²) in [4.78, 5) is 7.60. The van der Waals surface area contributed by atoms with E-state index in [9.17, 15) is 8.42 Å². The molecule has 0 radical (unpaired) electrons. The van der Waals surface area contributed by atoms with Crippen LogP contribution in [-0.4, -0.2) is 24.1 Å². The van der Waals surface area contributed by atoms with E-state index in [2.05, 4.69) is 25.9 Å². The Bertz CT molecular complexity index is 360. The summed E-state index contributed by atoms with van der Waals surface area (Å²) in [5.41, 5.74) is 0. The van der Waals surface area contributed by atoms with Crippen LogP contribution in [0.5, 0.6) is 0 Å². The Labute approximate surface area is 79.1 Å². The van der Waals surface area contributed by atoms with E-state index < -0.39 is 9.84 Å². The molecule has 1 heterocycles. The molecule has 0 saturated heterocycles. The molecule has 66 valence electrons. The van der Waals surface area contributed by atoms with Crippen LogP contribution in [-0.2, 0) is 9.84 Å². The number of hydrogen-bond acceptors (Lipinski definition) is 4. The molecule has 0 N–H and O–H groups in total. The van der Waals surface area contributed by atoms with Crippen molar-refractivity contribution in [2.24, 2.45) is 0 Å². The molecule has 1 aromatic rings. The number of rotatable bonds is 2. The summed E-state index contributed by atoms with van der Waals surface area (Å²) >= 11 is 3.02. The van der Waals surface area contributed by atoms with Crippen molar-refractivity contribution < 1.29 is 8.42 Å². The standard InChI is InChI=1S/C6H7BrN2O2S/c1-2-12(10,11)5-3-8-6(7)9-4-5/h3-4H,2H2,1H3. The maximum Gasteiger partial charge on any atom is 0.196 e. The van der Waals surface area contributed by atoms with Crippen LogP contribution < -0.4 is 0 Å². The molecule has 0 aliphatic carbocycles. The van der Waals surface area contributed by atoms with Gasteiger partial charge in [0.05, 0.1) is 18.1 Å². The summed E-state index contributed by atoms with van der Waals surface area (Å²) in [6.07, 6.45) is 2.58. The molecule has 0 saturated carbocycles. The second-order valence-electron chi connectivity index (χ2n) is 2.09. The number of hydrogen-bond donors (Lipinski definition) is 0. The number of aromatic nitrogens is 2. The second kappa shape index (κ2) is 3.49. The molecule has 0 aliphatic rings. The molecule has 0 atom stereocenters. The molecule has 1 rings (SSSR count). The summed E-state index contributed by atoms with van der Waals surface area (Å²) in [6.45, 7) is 1.58. The highest BCUT2D eigenvalue weighted by molar-refractivity contribution is 9.10. The number of halogens is 1. The molecule has 0 aromatic carbocycles. The Balaban J connectivity index is 3.14. The highest BCUT2D eigenvalue weighted by Crippen LogP contribution is 2.09. The summed E-state index contributed by atoms with van der Waals surface area (Å²) in [5, 5.41) is 0. The van der Waals surface area contributed by atoms with Crippen molar-refractivity contribution in [2.45, 2.75) is 11.8 Å². The van der Waals surface area contributed by atoms with Gasteiger partial charge in [-0.3, -0.25) is 0 Å². The average Bonchev–Trinajstić information content (AvgIpc) is 2.05. The van der Waals surface area contributed by atoms with Gasteiger partial charge in [0.1, 0.15) is 4.90 Å². The summed E-state index contributed by atoms with van der Waals surface area (Å²) in [5.74, 6) is 0.0675. The Morgan fingerprint density at radius 3 is 2.33 bits per heavy atom. The van der Waals surface area contributed by atoms with Crippen LogP contribution in [0.4, 0.5) is 0 Å². The van der Waals surface area contributed by atoms with Gasteiger partial charge in [0.25, 0.3) is 0 Å². The lowest BCUT2D eigenvalue weighted by Gasteiger charge is -1.98. The number of nitrogens with zero attached hydrogens (tertiary/aromatic N) is 2. The Morgan fingerprint density at radius 1 is 1.42 bits per heavy atom. The lowest BCUT2D eigenvalue weighted by Crippen LogP contribution is -2.04. The third kappa shape index (κ3) is 2.01. The fourth-order valence-electron chi connectivity index (χ4n) is 0.628. The van der Waals surface area contributed by atoms with E-state index in [0.29, 0.717) is 4.73 Å². The molecule has 0 bridgehead atoms. The molecular weight excluding hydrogens is 244 g/mol. The third-order valence-electron chi connectivity index (χ3n) is 1.34. The van der Waals surface area contributed by atoms with Gasteiger partial charge >= 0.3 is 0 Å². The van der Waals surface area contributed by atoms with E-state index in [-0.39, 0.29) is 10.6 Å². The molecule has 0 unspecified atom stereocenters. The minimum absolute atomic E-state index is 0.0675. The summed E-state index contributed by atoms with van der Waals surface area (Å²) in [7, 11) is -3.16. The predicted molar refractivity (Wildman–Crippen MR) is 47.5 cm³/mol. The predicted octanol–water partition coefficient (Wildman–Crippen LogP) is 1.03. The van der Waals surface area contributed by atoms with Crippen molar-refractivity contribution in [3.05, 3.63) is 17.1 Å². The van der Waals surface area contributed by atoms with Gasteiger partial charge in [-0.15, -0.1) is 0 Å². The van der Waals surface area contributed by atoms with Crippen molar-refractivity contribution in [3.8, 4) is 0 Å². The van der Waals surface area contributed by atoms with Crippen LogP contribution in [0.1, 0.15) is 6.92 Å². The first-order chi connectivity index (χ1) is 5.56. The summed E-state index contributed by atoms with van der Waals surface area (Å²) < 4.78 is 22.8. The second-order valence-corrected chi connectivity index (χ2v) is 5.08. The van der Waals surface area contributed by atoms with Crippen molar-refractivity contribution in [3.63, 3.8) is 0 Å². The van der Waals surface area contributed by atoms with E-state index in [1.807, 2.05) is 0 Å². The molecule has 4 nitrogen and oxygen atoms in total. The van der Waals surface area contributed by atoms with Gasteiger partial charge < -0.3 is 0 Å². The normalized spacial score (nSPS) is 11.5. The van der Waals surface area contributed by atoms with E-state index >= 15 is 0 Å². The lowest BCUT2D eigenvalue weighted by molar-refractivity contribution is 0.596. The van der Waals surface area contributed by atoms with Crippen LogP contribution in [0.2, 0.25) is 0 Å². The lowest BCUT2D eigenvalue weighted by atomic mass is 10.7. The smallest absolute Gasteiger partial charge is 0.196 e. The quantitative estimate of drug-likeness (QED) is 0.736. The molecular formula is C6H7BrN2O2S. The van der Waals surface area contributed by atoms with E-state index in [4.69, 9.17) is 0 Å². The van der Waals surface area contributed by atoms with Gasteiger partial charge in [0, 0.05) is 0 Å². The van der Waals surface area contributed by atoms with Gasteiger partial charge in [0.2, 0.25) is 0 Å². The fraction of sp³-hybridized carbons (Fsp3) is 0.333. The van der Waals surface area contributed by atoms with Crippen LogP contribution in [0.25, 0.3) is 0 Å². The molecule has 0 amide bonds. The van der Waals surface area contributed by atoms with E-state index in [1.54, 1.807) is 6.92 Å². The maximum absolute atomic E-state index is 11.2. The summed E-state index contributed by atoms with van der Waals surface area (Å²) in [6, 6.07) is 0. The first-order valence-electron chi connectivity index (χ1n) is 3.26. The molecule has 12 heavy (non-hydrogen) atoms. The highest BCUT2D eigenvalue weighted by atomic mass is 79.9. The molecule has 6 heteroatoms. The van der Waals surface area contributed by atoms with Crippen LogP contribution in [0, 0.1) is 0 Å². The zero-order valence-corrected chi connectivity index (χ0v) is 8.76. The van der Waals surface area contributed by atoms with Crippen molar-refractivity contribution in [2.75, 3.05) is 5.75 Å². The fourth-order valence-corrected chi connectivity index (χ4v) is 1.59. The van der Waals surface area contributed by atoms with Gasteiger partial charge in [-0.1, -0.05) is 6.92 Å². The highest BCUT2D eigenvalue weighted by Gasteiger charge is 2.11. The van der Waals surface area contributed by atoms with Crippen molar-refractivity contribution in [1.82, 2.24) is 9.97 Å². The Kier molecular flexibility index (Phi) is 2.79. The van der Waals surface area contributed by atoms with Gasteiger partial charge in [-0.05, 0) is 15.9 Å². The van der Waals surface area contributed by atoms with Crippen LogP contribution in [0.3, 0.4) is 0 Å². The first-order valence-corrected chi connectivity index (χ1v) is 5.71.